The van der Waals surface area contributed by atoms with Crippen molar-refractivity contribution in [1.82, 2.24) is 20.9 Å². The summed E-state index contributed by atoms with van der Waals surface area (Å²) >= 11 is 0. The molecule has 6 nitrogen and oxygen atoms in total. The zero-order valence-electron chi connectivity index (χ0n) is 14.4. The summed E-state index contributed by atoms with van der Waals surface area (Å²) < 4.78 is 5.72. The minimum Gasteiger partial charge on any atom is -0.473 e. The number of hydrogen-bond donors (Lipinski definition) is 3. The normalized spacial score (nSPS) is 15.3. The third kappa shape index (κ3) is 5.41. The highest BCUT2D eigenvalue weighted by molar-refractivity contribution is 5.73. The number of aryl methyl sites for hydroxylation is 2. The molecule has 1 aliphatic heterocycles. The van der Waals surface area contributed by atoms with Crippen LogP contribution in [0.25, 0.3) is 0 Å². The van der Waals surface area contributed by atoms with Crippen LogP contribution in [0.5, 0.6) is 5.75 Å². The number of rotatable bonds is 6. The molecule has 0 unspecified atom stereocenters. The van der Waals surface area contributed by atoms with Crippen molar-refractivity contribution in [1.29, 1.82) is 0 Å². The van der Waals surface area contributed by atoms with Crippen LogP contribution >= 0.6 is 0 Å². The van der Waals surface area contributed by atoms with E-state index in [1.807, 2.05) is 19.9 Å². The summed E-state index contributed by atoms with van der Waals surface area (Å²) in [5, 5.41) is 8.92. The minimum atomic E-state index is -0.192. The van der Waals surface area contributed by atoms with Crippen LogP contribution in [0.3, 0.4) is 0 Å². The lowest BCUT2D eigenvalue weighted by Crippen LogP contribution is -2.47. The lowest BCUT2D eigenvalue weighted by atomic mass is 10.1. The van der Waals surface area contributed by atoms with Crippen molar-refractivity contribution in [2.24, 2.45) is 0 Å². The van der Waals surface area contributed by atoms with Crippen molar-refractivity contribution in [3.63, 3.8) is 0 Å². The summed E-state index contributed by atoms with van der Waals surface area (Å²) in [6.07, 6.45) is 0. The molecule has 23 heavy (non-hydrogen) atoms. The van der Waals surface area contributed by atoms with Crippen molar-refractivity contribution in [3.8, 4) is 5.75 Å². The van der Waals surface area contributed by atoms with Gasteiger partial charge < -0.3 is 20.7 Å². The van der Waals surface area contributed by atoms with Crippen LogP contribution in [0, 0.1) is 20.8 Å². The van der Waals surface area contributed by atoms with Gasteiger partial charge in [-0.05, 0) is 37.5 Å². The molecule has 1 heterocycles. The molecule has 0 bridgehead atoms. The van der Waals surface area contributed by atoms with E-state index in [1.165, 1.54) is 5.56 Å². The Hall–Kier alpha value is -1.79. The largest absolute Gasteiger partial charge is 0.473 e. The number of amides is 2. The summed E-state index contributed by atoms with van der Waals surface area (Å²) in [4.78, 5) is 14.1. The highest BCUT2D eigenvalue weighted by Gasteiger charge is 2.10. The van der Waals surface area contributed by atoms with Crippen molar-refractivity contribution in [2.75, 3.05) is 46.0 Å². The van der Waals surface area contributed by atoms with E-state index >= 15 is 0 Å². The molecule has 6 heteroatoms. The molecule has 0 aliphatic carbocycles. The van der Waals surface area contributed by atoms with E-state index in [0.29, 0.717) is 6.54 Å². The molecule has 128 valence electrons. The van der Waals surface area contributed by atoms with Gasteiger partial charge in [0.2, 0.25) is 0 Å². The van der Waals surface area contributed by atoms with Gasteiger partial charge in [-0.2, -0.15) is 0 Å². The number of hydrogen-bond acceptors (Lipinski definition) is 4. The second-order valence-corrected chi connectivity index (χ2v) is 5.97. The number of nitrogens with one attached hydrogen (secondary N) is 3. The van der Waals surface area contributed by atoms with Crippen LogP contribution in [0.15, 0.2) is 12.1 Å². The van der Waals surface area contributed by atoms with Gasteiger partial charge in [-0.1, -0.05) is 12.1 Å². The maximum absolute atomic E-state index is 11.8. The van der Waals surface area contributed by atoms with E-state index in [9.17, 15) is 4.79 Å². The van der Waals surface area contributed by atoms with Crippen molar-refractivity contribution < 1.29 is 9.53 Å². The van der Waals surface area contributed by atoms with E-state index in [2.05, 4.69) is 33.8 Å². The molecule has 0 radical (unpaired) electrons. The van der Waals surface area contributed by atoms with E-state index < -0.39 is 0 Å². The van der Waals surface area contributed by atoms with Crippen LogP contribution in [0.1, 0.15) is 16.7 Å². The van der Waals surface area contributed by atoms with E-state index in [1.54, 1.807) is 0 Å². The first-order valence-electron chi connectivity index (χ1n) is 8.22. The highest BCUT2D eigenvalue weighted by Crippen LogP contribution is 2.25. The lowest BCUT2D eigenvalue weighted by molar-refractivity contribution is 0.215. The van der Waals surface area contributed by atoms with Gasteiger partial charge in [0, 0.05) is 39.3 Å². The predicted octanol–water partition coefficient (Wildman–Crippen LogP) is 1.15. The van der Waals surface area contributed by atoms with E-state index in [0.717, 1.165) is 49.6 Å². The molecule has 1 aliphatic rings. The Morgan fingerprint density at radius 3 is 2.61 bits per heavy atom. The standard InChI is InChI=1S/C17H28N4O2/c1-13-4-5-14(2)16(15(13)3)23-12-20-17(22)19-8-11-21-9-6-18-7-10-21/h4-5,18H,6-12H2,1-3H3,(H2,19,20,22). The summed E-state index contributed by atoms with van der Waals surface area (Å²) in [5.41, 5.74) is 3.38. The first-order valence-corrected chi connectivity index (χ1v) is 8.22. The van der Waals surface area contributed by atoms with Crippen molar-refractivity contribution in [2.45, 2.75) is 20.8 Å². The molecular weight excluding hydrogens is 292 g/mol. The Morgan fingerprint density at radius 1 is 1.17 bits per heavy atom. The SMILES string of the molecule is Cc1ccc(C)c(OCNC(=O)NCCN2CCNCC2)c1C. The van der Waals surface area contributed by atoms with E-state index in [-0.39, 0.29) is 12.8 Å². The molecule has 1 saturated heterocycles. The molecule has 0 spiro atoms. The number of carbonyl (C=O) groups is 1. The van der Waals surface area contributed by atoms with Crippen LogP contribution in [0.2, 0.25) is 0 Å². The van der Waals surface area contributed by atoms with Gasteiger partial charge in [0.15, 0.2) is 6.73 Å². The molecule has 0 saturated carbocycles. The Kier molecular flexibility index (Phi) is 6.67. The average molecular weight is 320 g/mol. The smallest absolute Gasteiger partial charge is 0.317 e. The zero-order chi connectivity index (χ0) is 16.7. The second-order valence-electron chi connectivity index (χ2n) is 5.97. The maximum atomic E-state index is 11.8. The summed E-state index contributed by atoms with van der Waals surface area (Å²) in [5.74, 6) is 0.853. The van der Waals surface area contributed by atoms with Crippen LogP contribution < -0.4 is 20.7 Å². The fourth-order valence-electron chi connectivity index (χ4n) is 2.65. The summed E-state index contributed by atoms with van der Waals surface area (Å²) in [6, 6.07) is 3.92. The molecule has 1 fully saturated rings. The van der Waals surface area contributed by atoms with Gasteiger partial charge in [0.25, 0.3) is 0 Å². The Balaban J connectivity index is 1.66. The predicted molar refractivity (Wildman–Crippen MR) is 92.0 cm³/mol. The quantitative estimate of drug-likeness (QED) is 0.688. The monoisotopic (exact) mass is 320 g/mol. The molecule has 3 N–H and O–H groups in total. The minimum absolute atomic E-state index is 0.171. The van der Waals surface area contributed by atoms with Gasteiger partial charge in [0.05, 0.1) is 0 Å². The van der Waals surface area contributed by atoms with Gasteiger partial charge >= 0.3 is 6.03 Å². The van der Waals surface area contributed by atoms with Crippen LogP contribution in [0.4, 0.5) is 4.79 Å². The van der Waals surface area contributed by atoms with Gasteiger partial charge in [0.1, 0.15) is 5.75 Å². The lowest BCUT2D eigenvalue weighted by Gasteiger charge is -2.27. The highest BCUT2D eigenvalue weighted by atomic mass is 16.5. The maximum Gasteiger partial charge on any atom is 0.317 e. The molecule has 0 atom stereocenters. The topological polar surface area (TPSA) is 65.6 Å². The summed E-state index contributed by atoms with van der Waals surface area (Å²) in [7, 11) is 0. The first kappa shape index (κ1) is 17.6. The Labute approximate surface area is 138 Å². The molecule has 2 rings (SSSR count). The van der Waals surface area contributed by atoms with Gasteiger partial charge in [-0.3, -0.25) is 4.90 Å². The van der Waals surface area contributed by atoms with Gasteiger partial charge in [-0.15, -0.1) is 0 Å². The van der Waals surface area contributed by atoms with Crippen LogP contribution in [-0.4, -0.2) is 56.9 Å². The number of benzene rings is 1. The fourth-order valence-corrected chi connectivity index (χ4v) is 2.65. The molecular formula is C17H28N4O2. The molecule has 1 aromatic carbocycles. The van der Waals surface area contributed by atoms with Crippen molar-refractivity contribution >= 4 is 6.03 Å². The molecule has 2 amide bonds. The number of piperazine rings is 1. The zero-order valence-corrected chi connectivity index (χ0v) is 14.4. The number of carbonyl (C=O) groups excluding carboxylic acids is 1. The number of ether oxygens (including phenoxy) is 1. The van der Waals surface area contributed by atoms with Crippen molar-refractivity contribution in [3.05, 3.63) is 28.8 Å². The molecule has 0 aromatic heterocycles. The second kappa shape index (κ2) is 8.74. The third-order valence-corrected chi connectivity index (χ3v) is 4.25. The van der Waals surface area contributed by atoms with Gasteiger partial charge in [-0.25, -0.2) is 4.79 Å². The van der Waals surface area contributed by atoms with E-state index in [4.69, 9.17) is 4.74 Å². The number of nitrogens with zero attached hydrogens (tertiary/aromatic N) is 1. The average Bonchev–Trinajstić information content (AvgIpc) is 2.55. The van der Waals surface area contributed by atoms with Crippen LogP contribution in [-0.2, 0) is 0 Å². The number of urea groups is 1. The summed E-state index contributed by atoms with van der Waals surface area (Å²) in [6.45, 7) is 11.9. The fraction of sp³-hybridized carbons (Fsp3) is 0.588. The first-order chi connectivity index (χ1) is 11.1. The third-order valence-electron chi connectivity index (χ3n) is 4.25. The Bertz CT molecular complexity index is 528. The molecule has 1 aromatic rings. The Morgan fingerprint density at radius 2 is 1.87 bits per heavy atom.